The molecule has 0 atom stereocenters. The van der Waals surface area contributed by atoms with Crippen LogP contribution in [0.5, 0.6) is 0 Å². The largest absolute Gasteiger partial charge is 0.444 e. The Hall–Kier alpha value is -2.91. The van der Waals surface area contributed by atoms with E-state index in [0.717, 1.165) is 49.2 Å². The summed E-state index contributed by atoms with van der Waals surface area (Å²) in [5.74, 6) is 0. The van der Waals surface area contributed by atoms with Gasteiger partial charge in [-0.15, -0.1) is 11.3 Å². The van der Waals surface area contributed by atoms with E-state index >= 15 is 0 Å². The third kappa shape index (κ3) is 4.60. The van der Waals surface area contributed by atoms with Crippen LogP contribution in [0, 0.1) is 0 Å². The van der Waals surface area contributed by atoms with E-state index in [9.17, 15) is 4.79 Å². The number of rotatable bonds is 3. The zero-order chi connectivity index (χ0) is 23.2. The van der Waals surface area contributed by atoms with Crippen molar-refractivity contribution >= 4 is 71.6 Å². The van der Waals surface area contributed by atoms with Gasteiger partial charge in [0.05, 0.1) is 25.9 Å². The highest BCUT2D eigenvalue weighted by Gasteiger charge is 2.24. The molecule has 0 spiro atoms. The molecule has 2 N–H and O–H groups in total. The summed E-state index contributed by atoms with van der Waals surface area (Å²) in [5.41, 5.74) is 7.30. The maximum Gasteiger partial charge on any atom is 0.410 e. The lowest BCUT2D eigenvalue weighted by molar-refractivity contribution is 0.0270. The topological polar surface area (TPSA) is 83.1 Å². The summed E-state index contributed by atoms with van der Waals surface area (Å²) >= 11 is 5.27. The summed E-state index contributed by atoms with van der Waals surface area (Å²) in [5, 5.41) is 4.54. The molecule has 0 aliphatic carbocycles. The monoisotopic (exact) mass is 525 g/mol. The summed E-state index contributed by atoms with van der Waals surface area (Å²) in [7, 11) is 0. The molecule has 1 aliphatic rings. The predicted octanol–water partition coefficient (Wildman–Crippen LogP) is 6.70. The molecule has 4 heterocycles. The fourth-order valence-corrected chi connectivity index (χ4v) is 4.97. The summed E-state index contributed by atoms with van der Waals surface area (Å²) in [6.07, 6.45) is 4.36. The van der Waals surface area contributed by atoms with E-state index in [4.69, 9.17) is 4.74 Å². The number of anilines is 2. The van der Waals surface area contributed by atoms with Gasteiger partial charge >= 0.3 is 6.09 Å². The number of nitrogens with zero attached hydrogens (tertiary/aromatic N) is 3. The number of carbonyl (C=O) groups is 1. The van der Waals surface area contributed by atoms with Crippen molar-refractivity contribution in [2.75, 3.05) is 18.4 Å². The number of pyridine rings is 1. The number of H-pyrrole nitrogens is 1. The lowest BCUT2D eigenvalue weighted by Crippen LogP contribution is -2.39. The molecule has 7 nitrogen and oxygen atoms in total. The Balaban J connectivity index is 1.40. The number of aromatic nitrogens is 3. The molecular formula is C24H24BrN5O2S. The average molecular weight is 526 g/mol. The number of halogens is 1. The quantitative estimate of drug-likeness (QED) is 0.310. The molecule has 5 rings (SSSR count). The van der Waals surface area contributed by atoms with Crippen LogP contribution < -0.4 is 5.32 Å². The Kier molecular flexibility index (Phi) is 5.62. The Morgan fingerprint density at radius 2 is 2.12 bits per heavy atom. The van der Waals surface area contributed by atoms with Crippen LogP contribution in [0.2, 0.25) is 0 Å². The maximum absolute atomic E-state index is 12.4. The summed E-state index contributed by atoms with van der Waals surface area (Å²) < 4.78 is 7.52. The predicted molar refractivity (Wildman–Crippen MR) is 137 cm³/mol. The number of hydrogen-bond donors (Lipinski definition) is 2. The molecule has 3 aromatic heterocycles. The first-order valence-electron chi connectivity index (χ1n) is 10.7. The second-order valence-corrected chi connectivity index (χ2v) is 10.7. The minimum absolute atomic E-state index is 0.274. The van der Waals surface area contributed by atoms with Crippen molar-refractivity contribution < 1.29 is 9.53 Å². The lowest BCUT2D eigenvalue weighted by atomic mass is 10.0. The van der Waals surface area contributed by atoms with Gasteiger partial charge in [-0.2, -0.15) is 0 Å². The number of carbonyl (C=O) groups excluding carboxylic acids is 1. The number of amides is 1. The molecule has 0 unspecified atom stereocenters. The molecule has 0 bridgehead atoms. The van der Waals surface area contributed by atoms with Crippen molar-refractivity contribution in [3.05, 3.63) is 52.2 Å². The second kappa shape index (κ2) is 8.46. The molecular weight excluding hydrogens is 502 g/mol. The number of ether oxygens (including phenoxy) is 1. The average Bonchev–Trinajstić information content (AvgIpc) is 3.41. The van der Waals surface area contributed by atoms with Crippen molar-refractivity contribution in [3.63, 3.8) is 0 Å². The molecule has 33 heavy (non-hydrogen) atoms. The minimum atomic E-state index is -0.495. The number of aromatic amines is 1. The van der Waals surface area contributed by atoms with Gasteiger partial charge in [-0.25, -0.2) is 14.8 Å². The van der Waals surface area contributed by atoms with E-state index in [0.29, 0.717) is 13.1 Å². The van der Waals surface area contributed by atoms with Gasteiger partial charge < -0.3 is 19.9 Å². The summed E-state index contributed by atoms with van der Waals surface area (Å²) in [6, 6.07) is 8.28. The molecule has 4 aromatic rings. The van der Waals surface area contributed by atoms with Crippen molar-refractivity contribution in [2.24, 2.45) is 0 Å². The summed E-state index contributed by atoms with van der Waals surface area (Å²) in [4.78, 5) is 26.4. The van der Waals surface area contributed by atoms with Gasteiger partial charge in [0.2, 0.25) is 0 Å². The zero-order valence-corrected chi connectivity index (χ0v) is 21.0. The van der Waals surface area contributed by atoms with Crippen molar-refractivity contribution in [2.45, 2.75) is 32.8 Å². The van der Waals surface area contributed by atoms with Crippen LogP contribution in [-0.4, -0.2) is 44.6 Å². The van der Waals surface area contributed by atoms with Gasteiger partial charge in [0.1, 0.15) is 11.2 Å². The number of nitrogens with one attached hydrogen (secondary N) is 2. The first-order valence-corrected chi connectivity index (χ1v) is 12.4. The van der Waals surface area contributed by atoms with Gasteiger partial charge in [-0.05, 0) is 73.0 Å². The highest BCUT2D eigenvalue weighted by Crippen LogP contribution is 2.36. The molecule has 0 saturated heterocycles. The second-order valence-electron chi connectivity index (χ2n) is 8.99. The smallest absolute Gasteiger partial charge is 0.410 e. The maximum atomic E-state index is 12.4. The van der Waals surface area contributed by atoms with E-state index in [1.54, 1.807) is 22.4 Å². The van der Waals surface area contributed by atoms with Crippen molar-refractivity contribution in [1.82, 2.24) is 19.9 Å². The Morgan fingerprint density at radius 1 is 1.27 bits per heavy atom. The fraction of sp³-hybridized carbons (Fsp3) is 0.292. The normalized spacial score (nSPS) is 14.5. The van der Waals surface area contributed by atoms with Gasteiger partial charge in [0, 0.05) is 36.1 Å². The van der Waals surface area contributed by atoms with Crippen LogP contribution in [0.3, 0.4) is 0 Å². The van der Waals surface area contributed by atoms with Crippen molar-refractivity contribution in [3.8, 4) is 0 Å². The highest BCUT2D eigenvalue weighted by molar-refractivity contribution is 9.10. The van der Waals surface area contributed by atoms with Crippen LogP contribution in [-0.2, 0) is 4.74 Å². The Labute approximate surface area is 204 Å². The van der Waals surface area contributed by atoms with Gasteiger partial charge in [0.25, 0.3) is 0 Å². The van der Waals surface area contributed by atoms with Gasteiger partial charge in [-0.3, -0.25) is 0 Å². The van der Waals surface area contributed by atoms with E-state index < -0.39 is 5.60 Å². The van der Waals surface area contributed by atoms with E-state index in [2.05, 4.69) is 54.4 Å². The van der Waals surface area contributed by atoms with E-state index in [1.807, 2.05) is 38.4 Å². The Morgan fingerprint density at radius 3 is 2.88 bits per heavy atom. The Bertz CT molecular complexity index is 1380. The van der Waals surface area contributed by atoms with Gasteiger partial charge in [0.15, 0.2) is 0 Å². The summed E-state index contributed by atoms with van der Waals surface area (Å²) in [6.45, 7) is 6.79. The number of thiazole rings is 1. The van der Waals surface area contributed by atoms with Crippen molar-refractivity contribution in [1.29, 1.82) is 0 Å². The van der Waals surface area contributed by atoms with Crippen LogP contribution in [0.1, 0.15) is 32.9 Å². The molecule has 1 aromatic carbocycles. The number of fused-ring (bicyclic) bond motifs is 2. The number of hydrogen-bond acceptors (Lipinski definition) is 6. The van der Waals surface area contributed by atoms with Crippen LogP contribution in [0.4, 0.5) is 16.2 Å². The molecule has 9 heteroatoms. The van der Waals surface area contributed by atoms with E-state index in [-0.39, 0.29) is 6.09 Å². The standard InChI is InChI=1S/C24H24BrN5O2S/c1-24(2,3)32-23(31)30-8-6-14(7-9-30)19-11-16-21(17(25)12-26-22(16)29-19)28-15-4-5-18-20(10-15)33-13-27-18/h4-6,10-13H,7-9H2,1-3H3,(H2,26,28,29). The molecule has 170 valence electrons. The van der Waals surface area contributed by atoms with Gasteiger partial charge in [-0.1, -0.05) is 6.08 Å². The molecule has 0 fully saturated rings. The molecule has 1 amide bonds. The highest BCUT2D eigenvalue weighted by atomic mass is 79.9. The minimum Gasteiger partial charge on any atom is -0.444 e. The zero-order valence-electron chi connectivity index (χ0n) is 18.6. The SMILES string of the molecule is CC(C)(C)OC(=O)N1CC=C(c2cc3c(Nc4ccc5ncsc5c4)c(Br)cnc3[nH]2)CC1. The number of benzene rings is 1. The van der Waals surface area contributed by atoms with Crippen LogP contribution in [0.15, 0.2) is 46.5 Å². The third-order valence-corrected chi connectivity index (χ3v) is 6.81. The lowest BCUT2D eigenvalue weighted by Gasteiger charge is -2.29. The first kappa shape index (κ1) is 21.9. The molecule has 1 aliphatic heterocycles. The molecule has 0 radical (unpaired) electrons. The fourth-order valence-electron chi connectivity index (χ4n) is 3.83. The first-order chi connectivity index (χ1) is 15.8. The van der Waals surface area contributed by atoms with Crippen LogP contribution in [0.25, 0.3) is 26.8 Å². The third-order valence-electron chi connectivity index (χ3n) is 5.42. The van der Waals surface area contributed by atoms with E-state index in [1.165, 1.54) is 5.57 Å². The van der Waals surface area contributed by atoms with Crippen LogP contribution >= 0.6 is 27.3 Å². The molecule has 0 saturated carbocycles.